The van der Waals surface area contributed by atoms with E-state index in [1.807, 2.05) is 6.07 Å². The number of aromatic nitrogens is 4. The van der Waals surface area contributed by atoms with Crippen LogP contribution in [-0.2, 0) is 0 Å². The molecule has 7 nitrogen and oxygen atoms in total. The molecule has 0 aromatic carbocycles. The van der Waals surface area contributed by atoms with Crippen molar-refractivity contribution in [3.8, 4) is 6.07 Å². The third-order valence-electron chi connectivity index (χ3n) is 1.73. The molecule has 0 aliphatic carbocycles. The fourth-order valence-corrected chi connectivity index (χ4v) is 1.85. The zero-order chi connectivity index (χ0) is 12.3. The van der Waals surface area contributed by atoms with Crippen LogP contribution in [0.1, 0.15) is 5.56 Å². The summed E-state index contributed by atoms with van der Waals surface area (Å²) >= 11 is 1.11. The van der Waals surface area contributed by atoms with Gasteiger partial charge in [0.2, 0.25) is 0 Å². The first-order chi connectivity index (χ1) is 8.19. The fourth-order valence-electron chi connectivity index (χ4n) is 1.07. The molecule has 2 aromatic rings. The molecule has 2 heterocycles. The van der Waals surface area contributed by atoms with Crippen LogP contribution in [0.15, 0.2) is 28.8 Å². The average Bonchev–Trinajstić information content (AvgIpc) is 2.28. The van der Waals surface area contributed by atoms with Gasteiger partial charge >= 0.3 is 0 Å². The lowest BCUT2D eigenvalue weighted by Crippen LogP contribution is -1.99. The molecule has 0 aliphatic heterocycles. The number of nitrogen functional groups attached to an aromatic ring is 2. The van der Waals surface area contributed by atoms with Crippen molar-refractivity contribution in [2.75, 3.05) is 11.5 Å². The molecule has 0 fully saturated rings. The standard InChI is InChI=1S/C9H7N7S/c10-2-5-3-13-4-14-8(5)17-9-15-6(11)1-7(12)16-9/h1,3-4H,(H4,11,12,15,16). The highest BCUT2D eigenvalue weighted by Gasteiger charge is 2.08. The molecular formula is C9H7N7S. The number of rotatable bonds is 2. The van der Waals surface area contributed by atoms with Crippen LogP contribution in [0.5, 0.6) is 0 Å². The first kappa shape index (κ1) is 11.1. The van der Waals surface area contributed by atoms with Gasteiger partial charge in [-0.05, 0) is 11.8 Å². The normalized spacial score (nSPS) is 9.82. The van der Waals surface area contributed by atoms with Crippen molar-refractivity contribution in [2.45, 2.75) is 10.2 Å². The zero-order valence-electron chi connectivity index (χ0n) is 8.53. The molecule has 2 aromatic heterocycles. The molecule has 8 heteroatoms. The Labute approximate surface area is 101 Å². The number of nitrogens with zero attached hydrogens (tertiary/aromatic N) is 5. The summed E-state index contributed by atoms with van der Waals surface area (Å²) in [6, 6.07) is 3.43. The Hall–Kier alpha value is -2.40. The van der Waals surface area contributed by atoms with Crippen molar-refractivity contribution in [3.63, 3.8) is 0 Å². The zero-order valence-corrected chi connectivity index (χ0v) is 9.35. The van der Waals surface area contributed by atoms with Gasteiger partial charge in [0.1, 0.15) is 34.6 Å². The van der Waals surface area contributed by atoms with Crippen LogP contribution in [-0.4, -0.2) is 19.9 Å². The predicted molar refractivity (Wildman–Crippen MR) is 61.7 cm³/mol. The third-order valence-corrected chi connectivity index (χ3v) is 2.61. The van der Waals surface area contributed by atoms with Gasteiger partial charge in [-0.1, -0.05) is 0 Å². The van der Waals surface area contributed by atoms with Crippen molar-refractivity contribution >= 4 is 23.4 Å². The van der Waals surface area contributed by atoms with Crippen LogP contribution < -0.4 is 11.5 Å². The highest BCUT2D eigenvalue weighted by molar-refractivity contribution is 7.99. The minimum absolute atomic E-state index is 0.271. The lowest BCUT2D eigenvalue weighted by Gasteiger charge is -2.02. The Balaban J connectivity index is 2.35. The van der Waals surface area contributed by atoms with E-state index < -0.39 is 0 Å². The third kappa shape index (κ3) is 2.59. The lowest BCUT2D eigenvalue weighted by molar-refractivity contribution is 0.966. The number of hydrogen-bond acceptors (Lipinski definition) is 8. The van der Waals surface area contributed by atoms with Gasteiger partial charge in [-0.3, -0.25) is 0 Å². The molecule has 17 heavy (non-hydrogen) atoms. The van der Waals surface area contributed by atoms with E-state index in [2.05, 4.69) is 19.9 Å². The molecule has 0 atom stereocenters. The second-order valence-electron chi connectivity index (χ2n) is 2.96. The van der Waals surface area contributed by atoms with Gasteiger partial charge in [0.15, 0.2) is 5.16 Å². The topological polar surface area (TPSA) is 127 Å². The number of nitriles is 1. The van der Waals surface area contributed by atoms with Crippen LogP contribution in [0.3, 0.4) is 0 Å². The van der Waals surface area contributed by atoms with E-state index in [1.54, 1.807) is 0 Å². The molecule has 0 spiro atoms. The van der Waals surface area contributed by atoms with E-state index in [4.69, 9.17) is 16.7 Å². The van der Waals surface area contributed by atoms with Crippen LogP contribution in [0.2, 0.25) is 0 Å². The first-order valence-electron chi connectivity index (χ1n) is 4.47. The van der Waals surface area contributed by atoms with E-state index in [9.17, 15) is 0 Å². The summed E-state index contributed by atoms with van der Waals surface area (Å²) in [6.07, 6.45) is 2.77. The molecule has 2 rings (SSSR count). The van der Waals surface area contributed by atoms with Crippen LogP contribution in [0.4, 0.5) is 11.6 Å². The largest absolute Gasteiger partial charge is 0.383 e. The highest BCUT2D eigenvalue weighted by Crippen LogP contribution is 2.25. The van der Waals surface area contributed by atoms with Gasteiger partial charge in [-0.15, -0.1) is 0 Å². The molecule has 0 aliphatic rings. The molecule has 0 saturated carbocycles. The predicted octanol–water partition coefficient (Wildman–Crippen LogP) is 0.454. The summed E-state index contributed by atoms with van der Waals surface area (Å²) < 4.78 is 0. The number of nitrogens with two attached hydrogens (primary N) is 2. The fraction of sp³-hybridized carbons (Fsp3) is 0. The molecule has 4 N–H and O–H groups in total. The average molecular weight is 245 g/mol. The molecule has 0 saturated heterocycles. The van der Waals surface area contributed by atoms with Gasteiger partial charge in [-0.2, -0.15) is 5.26 Å². The minimum atomic E-state index is 0.271. The summed E-state index contributed by atoms with van der Waals surface area (Å²) in [5, 5.41) is 9.68. The van der Waals surface area contributed by atoms with Crippen molar-refractivity contribution in [1.82, 2.24) is 19.9 Å². The Morgan fingerprint density at radius 3 is 2.59 bits per heavy atom. The van der Waals surface area contributed by atoms with Crippen molar-refractivity contribution < 1.29 is 0 Å². The smallest absolute Gasteiger partial charge is 0.197 e. The van der Waals surface area contributed by atoms with Crippen LogP contribution >= 0.6 is 11.8 Å². The summed E-state index contributed by atoms with van der Waals surface area (Å²) in [5.41, 5.74) is 11.4. The lowest BCUT2D eigenvalue weighted by atomic mass is 10.4. The second kappa shape index (κ2) is 4.63. The molecule has 0 radical (unpaired) electrons. The van der Waals surface area contributed by atoms with Gasteiger partial charge in [0.25, 0.3) is 0 Å². The maximum absolute atomic E-state index is 8.87. The molecule has 0 bridgehead atoms. The molecule has 84 valence electrons. The van der Waals surface area contributed by atoms with Crippen molar-refractivity contribution in [3.05, 3.63) is 24.2 Å². The van der Waals surface area contributed by atoms with Crippen molar-refractivity contribution in [1.29, 1.82) is 5.26 Å². The maximum atomic E-state index is 8.87. The SMILES string of the molecule is N#Cc1cncnc1Sc1nc(N)cc(N)n1. The highest BCUT2D eigenvalue weighted by atomic mass is 32.2. The van der Waals surface area contributed by atoms with E-state index in [1.165, 1.54) is 18.6 Å². The van der Waals surface area contributed by atoms with E-state index in [-0.39, 0.29) is 11.6 Å². The quantitative estimate of drug-likeness (QED) is 0.576. The van der Waals surface area contributed by atoms with Crippen LogP contribution in [0.25, 0.3) is 0 Å². The molecule has 0 unspecified atom stereocenters. The van der Waals surface area contributed by atoms with Gasteiger partial charge in [0.05, 0.1) is 0 Å². The van der Waals surface area contributed by atoms with Gasteiger partial charge in [0, 0.05) is 12.3 Å². The van der Waals surface area contributed by atoms with E-state index >= 15 is 0 Å². The van der Waals surface area contributed by atoms with E-state index in [0.29, 0.717) is 15.7 Å². The van der Waals surface area contributed by atoms with Crippen molar-refractivity contribution in [2.24, 2.45) is 0 Å². The van der Waals surface area contributed by atoms with Gasteiger partial charge in [-0.25, -0.2) is 19.9 Å². The summed E-state index contributed by atoms with van der Waals surface area (Å²) in [5.74, 6) is 0.542. The molecule has 0 amide bonds. The number of anilines is 2. The monoisotopic (exact) mass is 245 g/mol. The van der Waals surface area contributed by atoms with Crippen LogP contribution in [0, 0.1) is 11.3 Å². The maximum Gasteiger partial charge on any atom is 0.197 e. The Morgan fingerprint density at radius 1 is 1.24 bits per heavy atom. The van der Waals surface area contributed by atoms with E-state index in [0.717, 1.165) is 11.8 Å². The Kier molecular flexibility index (Phi) is 3.02. The summed E-state index contributed by atoms with van der Waals surface area (Å²) in [4.78, 5) is 15.7. The minimum Gasteiger partial charge on any atom is -0.383 e. The first-order valence-corrected chi connectivity index (χ1v) is 5.28. The molecular weight excluding hydrogens is 238 g/mol. The van der Waals surface area contributed by atoms with Gasteiger partial charge < -0.3 is 11.5 Å². The summed E-state index contributed by atoms with van der Waals surface area (Å²) in [6.45, 7) is 0. The summed E-state index contributed by atoms with van der Waals surface area (Å²) in [7, 11) is 0. The Bertz CT molecular complexity index is 572. The Morgan fingerprint density at radius 2 is 1.94 bits per heavy atom. The number of hydrogen-bond donors (Lipinski definition) is 2. The second-order valence-corrected chi connectivity index (χ2v) is 3.91.